The number of aromatic nitrogens is 1. The summed E-state index contributed by atoms with van der Waals surface area (Å²) in [7, 11) is 1.55. The number of carbonyl (C=O) groups is 1. The molecule has 0 atom stereocenters. The van der Waals surface area contributed by atoms with Gasteiger partial charge in [-0.1, -0.05) is 29.8 Å². The highest BCUT2D eigenvalue weighted by atomic mass is 16.5. The first-order valence-corrected chi connectivity index (χ1v) is 6.69. The fourth-order valence-electron chi connectivity index (χ4n) is 1.92. The zero-order valence-corrected chi connectivity index (χ0v) is 12.1. The van der Waals surface area contributed by atoms with Crippen molar-refractivity contribution in [1.82, 2.24) is 10.3 Å². The number of carbonyl (C=O) groups excluding carboxylic acids is 1. The van der Waals surface area contributed by atoms with Crippen molar-refractivity contribution < 1.29 is 9.53 Å². The minimum atomic E-state index is -0.400. The zero-order chi connectivity index (χ0) is 15.2. The second-order valence-electron chi connectivity index (χ2n) is 4.73. The van der Waals surface area contributed by atoms with E-state index in [4.69, 9.17) is 4.74 Å². The number of amides is 1. The maximum absolute atomic E-state index is 12.0. The van der Waals surface area contributed by atoms with Gasteiger partial charge in [-0.05, 0) is 24.6 Å². The third kappa shape index (κ3) is 3.79. The Labute approximate surface area is 123 Å². The Balaban J connectivity index is 2.19. The van der Waals surface area contributed by atoms with Crippen molar-refractivity contribution in [3.05, 3.63) is 57.9 Å². The Morgan fingerprint density at radius 1 is 1.19 bits per heavy atom. The summed E-state index contributed by atoms with van der Waals surface area (Å²) in [5.41, 5.74) is 2.44. The summed E-state index contributed by atoms with van der Waals surface area (Å²) in [6.45, 7) is 2.78. The van der Waals surface area contributed by atoms with E-state index in [1.807, 2.05) is 31.2 Å². The van der Waals surface area contributed by atoms with E-state index in [-0.39, 0.29) is 5.56 Å². The van der Waals surface area contributed by atoms with Crippen LogP contribution in [0.5, 0.6) is 0 Å². The van der Waals surface area contributed by atoms with Gasteiger partial charge in [-0.2, -0.15) is 0 Å². The first kappa shape index (κ1) is 15.0. The summed E-state index contributed by atoms with van der Waals surface area (Å²) in [6, 6.07) is 11.1. The molecule has 2 rings (SSSR count). The SMILES string of the molecule is COCCNC(=O)c1ccc(-c2ccc(C)cc2)[nH]c1=O. The highest BCUT2D eigenvalue weighted by Gasteiger charge is 2.10. The monoisotopic (exact) mass is 286 g/mol. The number of hydrogen-bond donors (Lipinski definition) is 2. The number of ether oxygens (including phenoxy) is 1. The number of aryl methyl sites for hydroxylation is 1. The van der Waals surface area contributed by atoms with Gasteiger partial charge < -0.3 is 15.0 Å². The largest absolute Gasteiger partial charge is 0.383 e. The molecule has 0 unspecified atom stereocenters. The van der Waals surface area contributed by atoms with Gasteiger partial charge in [-0.3, -0.25) is 9.59 Å². The number of benzene rings is 1. The van der Waals surface area contributed by atoms with Crippen LogP contribution < -0.4 is 10.9 Å². The Hall–Kier alpha value is -2.40. The average Bonchev–Trinajstić information content (AvgIpc) is 2.48. The maximum atomic E-state index is 12.0. The molecule has 0 saturated carbocycles. The fraction of sp³-hybridized carbons (Fsp3) is 0.250. The van der Waals surface area contributed by atoms with Crippen LogP contribution in [0, 0.1) is 6.92 Å². The van der Waals surface area contributed by atoms with Gasteiger partial charge in [0.1, 0.15) is 5.56 Å². The van der Waals surface area contributed by atoms with Gasteiger partial charge in [0.2, 0.25) is 0 Å². The topological polar surface area (TPSA) is 71.2 Å². The van der Waals surface area contributed by atoms with Crippen LogP contribution in [0.15, 0.2) is 41.2 Å². The van der Waals surface area contributed by atoms with Crippen molar-refractivity contribution >= 4 is 5.91 Å². The van der Waals surface area contributed by atoms with Crippen molar-refractivity contribution in [1.29, 1.82) is 0 Å². The van der Waals surface area contributed by atoms with Crippen LogP contribution in [0.25, 0.3) is 11.3 Å². The van der Waals surface area contributed by atoms with E-state index in [1.54, 1.807) is 13.2 Å². The van der Waals surface area contributed by atoms with E-state index >= 15 is 0 Å². The minimum Gasteiger partial charge on any atom is -0.383 e. The van der Waals surface area contributed by atoms with Crippen molar-refractivity contribution in [2.75, 3.05) is 20.3 Å². The van der Waals surface area contributed by atoms with Crippen molar-refractivity contribution in [2.24, 2.45) is 0 Å². The van der Waals surface area contributed by atoms with Gasteiger partial charge >= 0.3 is 0 Å². The molecule has 5 heteroatoms. The molecule has 1 amide bonds. The molecule has 0 aliphatic rings. The van der Waals surface area contributed by atoms with E-state index in [9.17, 15) is 9.59 Å². The van der Waals surface area contributed by atoms with Crippen LogP contribution in [0.2, 0.25) is 0 Å². The summed E-state index contributed by atoms with van der Waals surface area (Å²) in [4.78, 5) is 26.6. The number of hydrogen-bond acceptors (Lipinski definition) is 3. The third-order valence-corrected chi connectivity index (χ3v) is 3.11. The molecule has 0 radical (unpaired) electrons. The quantitative estimate of drug-likeness (QED) is 0.822. The van der Waals surface area contributed by atoms with E-state index < -0.39 is 11.5 Å². The molecule has 0 aliphatic carbocycles. The maximum Gasteiger partial charge on any atom is 0.261 e. The molecule has 1 heterocycles. The van der Waals surface area contributed by atoms with Gasteiger partial charge in [0.15, 0.2) is 0 Å². The molecule has 1 aromatic heterocycles. The predicted octanol–water partition coefficient (Wildman–Crippen LogP) is 1.73. The van der Waals surface area contributed by atoms with Crippen LogP contribution in [-0.2, 0) is 4.74 Å². The zero-order valence-electron chi connectivity index (χ0n) is 12.1. The highest BCUT2D eigenvalue weighted by Crippen LogP contribution is 2.16. The average molecular weight is 286 g/mol. The summed E-state index contributed by atoms with van der Waals surface area (Å²) in [6.07, 6.45) is 0. The number of methoxy groups -OCH3 is 1. The standard InChI is InChI=1S/C16H18N2O3/c1-11-3-5-12(6-4-11)14-8-7-13(16(20)18-14)15(19)17-9-10-21-2/h3-8H,9-10H2,1-2H3,(H,17,19)(H,18,20). The molecule has 1 aromatic carbocycles. The lowest BCUT2D eigenvalue weighted by molar-refractivity contribution is 0.0935. The summed E-state index contributed by atoms with van der Waals surface area (Å²) in [5.74, 6) is -0.399. The molecule has 0 spiro atoms. The lowest BCUT2D eigenvalue weighted by atomic mass is 10.1. The van der Waals surface area contributed by atoms with Crippen LogP contribution in [0.4, 0.5) is 0 Å². The molecule has 21 heavy (non-hydrogen) atoms. The first-order chi connectivity index (χ1) is 10.1. The predicted molar refractivity (Wildman–Crippen MR) is 81.4 cm³/mol. The minimum absolute atomic E-state index is 0.0990. The lowest BCUT2D eigenvalue weighted by Gasteiger charge is -2.06. The molecule has 0 aliphatic heterocycles. The van der Waals surface area contributed by atoms with Crippen LogP contribution in [0.3, 0.4) is 0 Å². The Kier molecular flexibility index (Phi) is 4.90. The summed E-state index contributed by atoms with van der Waals surface area (Å²) in [5, 5.41) is 2.62. The van der Waals surface area contributed by atoms with Crippen molar-refractivity contribution in [3.8, 4) is 11.3 Å². The van der Waals surface area contributed by atoms with Crippen molar-refractivity contribution in [2.45, 2.75) is 6.92 Å². The molecule has 0 saturated heterocycles. The molecule has 5 nitrogen and oxygen atoms in total. The van der Waals surface area contributed by atoms with Gasteiger partial charge in [0.05, 0.1) is 6.61 Å². The lowest BCUT2D eigenvalue weighted by Crippen LogP contribution is -2.31. The number of aromatic amines is 1. The van der Waals surface area contributed by atoms with Gasteiger partial charge in [0, 0.05) is 19.3 Å². The molecule has 2 aromatic rings. The molecule has 0 bridgehead atoms. The Bertz CT molecular complexity index is 675. The van der Waals surface area contributed by atoms with Crippen LogP contribution in [-0.4, -0.2) is 31.2 Å². The smallest absolute Gasteiger partial charge is 0.261 e. The fourth-order valence-corrected chi connectivity index (χ4v) is 1.92. The molecular formula is C16H18N2O3. The van der Waals surface area contributed by atoms with Crippen molar-refractivity contribution in [3.63, 3.8) is 0 Å². The number of nitrogens with one attached hydrogen (secondary N) is 2. The molecule has 110 valence electrons. The Morgan fingerprint density at radius 2 is 1.90 bits per heavy atom. The van der Waals surface area contributed by atoms with E-state index in [0.717, 1.165) is 11.1 Å². The molecular weight excluding hydrogens is 268 g/mol. The van der Waals surface area contributed by atoms with Crippen LogP contribution >= 0.6 is 0 Å². The van der Waals surface area contributed by atoms with Gasteiger partial charge in [-0.25, -0.2) is 0 Å². The normalized spacial score (nSPS) is 10.4. The van der Waals surface area contributed by atoms with Gasteiger partial charge in [0.25, 0.3) is 11.5 Å². The Morgan fingerprint density at radius 3 is 2.52 bits per heavy atom. The second kappa shape index (κ2) is 6.85. The third-order valence-electron chi connectivity index (χ3n) is 3.11. The van der Waals surface area contributed by atoms with Gasteiger partial charge in [-0.15, -0.1) is 0 Å². The number of rotatable bonds is 5. The second-order valence-corrected chi connectivity index (χ2v) is 4.73. The van der Waals surface area contributed by atoms with E-state index in [2.05, 4.69) is 10.3 Å². The summed E-state index contributed by atoms with van der Waals surface area (Å²) >= 11 is 0. The number of H-pyrrole nitrogens is 1. The molecule has 2 N–H and O–H groups in total. The molecule has 0 fully saturated rings. The summed E-state index contributed by atoms with van der Waals surface area (Å²) < 4.78 is 4.84. The van der Waals surface area contributed by atoms with Crippen LogP contribution in [0.1, 0.15) is 15.9 Å². The highest BCUT2D eigenvalue weighted by molar-refractivity contribution is 5.94. The number of pyridine rings is 1. The van der Waals surface area contributed by atoms with E-state index in [1.165, 1.54) is 6.07 Å². The van der Waals surface area contributed by atoms with E-state index in [0.29, 0.717) is 18.8 Å². The first-order valence-electron chi connectivity index (χ1n) is 6.69.